The zero-order valence-electron chi connectivity index (χ0n) is 14.5. The van der Waals surface area contributed by atoms with Crippen LogP contribution in [0.15, 0.2) is 23.1 Å². The molecule has 0 spiro atoms. The van der Waals surface area contributed by atoms with Gasteiger partial charge in [-0.1, -0.05) is 6.07 Å². The quantitative estimate of drug-likeness (QED) is 0.639. The minimum atomic E-state index is -3.70. The summed E-state index contributed by atoms with van der Waals surface area (Å²) in [5.41, 5.74) is 5.90. The largest absolute Gasteiger partial charge is 0.352 e. The maximum Gasteiger partial charge on any atom is 0.312 e. The van der Waals surface area contributed by atoms with Crippen molar-refractivity contribution in [3.63, 3.8) is 0 Å². The standard InChI is InChI=1S/C15H20N6O4S2/c16-15(23)17-6-2-5-13(22)20-7-9-21(10-8-20)27(24,25)12-4-1-3-11-14(12)19-26-18-11/h1,3-4H,2,5-10H2,(H3,16,17,23). The number of nitrogens with zero attached hydrogens (tertiary/aromatic N) is 4. The Balaban J connectivity index is 1.59. The Morgan fingerprint density at radius 1 is 1.19 bits per heavy atom. The second-order valence-electron chi connectivity index (χ2n) is 6.07. The minimum absolute atomic E-state index is 0.0656. The molecule has 1 fully saturated rings. The fourth-order valence-electron chi connectivity index (χ4n) is 2.92. The highest BCUT2D eigenvalue weighted by Crippen LogP contribution is 2.25. The second kappa shape index (κ2) is 8.15. The maximum absolute atomic E-state index is 13.0. The molecule has 3 amide bonds. The van der Waals surface area contributed by atoms with Crippen LogP contribution in [0.2, 0.25) is 0 Å². The van der Waals surface area contributed by atoms with Gasteiger partial charge in [0.25, 0.3) is 0 Å². The summed E-state index contributed by atoms with van der Waals surface area (Å²) in [6.45, 7) is 1.43. The lowest BCUT2D eigenvalue weighted by molar-refractivity contribution is -0.132. The lowest BCUT2D eigenvalue weighted by atomic mass is 10.2. The molecule has 3 rings (SSSR count). The monoisotopic (exact) mass is 412 g/mol. The highest BCUT2D eigenvalue weighted by Gasteiger charge is 2.31. The third-order valence-electron chi connectivity index (χ3n) is 4.32. The molecule has 1 aliphatic heterocycles. The van der Waals surface area contributed by atoms with E-state index in [1.165, 1.54) is 10.4 Å². The van der Waals surface area contributed by atoms with Crippen LogP contribution in [-0.4, -0.2) is 71.0 Å². The first-order valence-electron chi connectivity index (χ1n) is 8.42. The van der Waals surface area contributed by atoms with Gasteiger partial charge < -0.3 is 16.0 Å². The SMILES string of the molecule is NC(=O)NCCCC(=O)N1CCN(S(=O)(=O)c2cccc3nsnc23)CC1. The van der Waals surface area contributed by atoms with E-state index in [0.717, 1.165) is 11.7 Å². The number of urea groups is 1. The molecule has 0 atom stereocenters. The zero-order chi connectivity index (χ0) is 19.4. The first-order chi connectivity index (χ1) is 12.9. The maximum atomic E-state index is 13.0. The number of sulfonamides is 1. The number of carbonyl (C=O) groups is 2. The van der Waals surface area contributed by atoms with E-state index in [0.29, 0.717) is 37.1 Å². The molecule has 1 aromatic heterocycles. The van der Waals surface area contributed by atoms with Gasteiger partial charge in [-0.2, -0.15) is 13.1 Å². The minimum Gasteiger partial charge on any atom is -0.352 e. The Bertz CT molecular complexity index is 937. The molecular weight excluding hydrogens is 392 g/mol. The molecule has 0 saturated carbocycles. The Labute approximate surface area is 160 Å². The molecule has 12 heteroatoms. The molecule has 1 aliphatic rings. The van der Waals surface area contributed by atoms with Crippen molar-refractivity contribution in [1.82, 2.24) is 23.3 Å². The van der Waals surface area contributed by atoms with E-state index in [9.17, 15) is 18.0 Å². The van der Waals surface area contributed by atoms with Crippen LogP contribution in [0.25, 0.3) is 11.0 Å². The smallest absolute Gasteiger partial charge is 0.312 e. The molecule has 10 nitrogen and oxygen atoms in total. The van der Waals surface area contributed by atoms with Crippen molar-refractivity contribution in [2.45, 2.75) is 17.7 Å². The van der Waals surface area contributed by atoms with Crippen LogP contribution in [0.1, 0.15) is 12.8 Å². The first-order valence-corrected chi connectivity index (χ1v) is 10.6. The van der Waals surface area contributed by atoms with Gasteiger partial charge in [0.2, 0.25) is 15.9 Å². The van der Waals surface area contributed by atoms with Crippen molar-refractivity contribution in [3.05, 3.63) is 18.2 Å². The van der Waals surface area contributed by atoms with E-state index in [-0.39, 0.29) is 30.3 Å². The van der Waals surface area contributed by atoms with Crippen LogP contribution in [0.3, 0.4) is 0 Å². The number of nitrogens with one attached hydrogen (secondary N) is 1. The average Bonchev–Trinajstić information content (AvgIpc) is 3.13. The van der Waals surface area contributed by atoms with Gasteiger partial charge in [0, 0.05) is 39.1 Å². The molecule has 0 bridgehead atoms. The van der Waals surface area contributed by atoms with Crippen molar-refractivity contribution < 1.29 is 18.0 Å². The normalized spacial score (nSPS) is 15.8. The van der Waals surface area contributed by atoms with E-state index in [2.05, 4.69) is 14.1 Å². The molecule has 3 N–H and O–H groups in total. The Kier molecular flexibility index (Phi) is 5.87. The molecule has 2 aromatic rings. The summed E-state index contributed by atoms with van der Waals surface area (Å²) in [7, 11) is -3.70. The highest BCUT2D eigenvalue weighted by molar-refractivity contribution is 7.89. The number of carbonyl (C=O) groups excluding carboxylic acids is 2. The molecule has 0 aliphatic carbocycles. The average molecular weight is 412 g/mol. The van der Waals surface area contributed by atoms with Gasteiger partial charge in [-0.15, -0.1) is 0 Å². The summed E-state index contributed by atoms with van der Waals surface area (Å²) in [5, 5.41) is 2.43. The summed E-state index contributed by atoms with van der Waals surface area (Å²) in [6, 6.07) is 4.28. The molecular formula is C15H20N6O4S2. The first kappa shape index (κ1) is 19.5. The van der Waals surface area contributed by atoms with Gasteiger partial charge in [0.1, 0.15) is 15.9 Å². The van der Waals surface area contributed by atoms with Crippen LogP contribution in [-0.2, 0) is 14.8 Å². The topological polar surface area (TPSA) is 139 Å². The van der Waals surface area contributed by atoms with E-state index in [1.807, 2.05) is 0 Å². The zero-order valence-corrected chi connectivity index (χ0v) is 16.1. The van der Waals surface area contributed by atoms with Crippen LogP contribution >= 0.6 is 11.7 Å². The van der Waals surface area contributed by atoms with Crippen LogP contribution < -0.4 is 11.1 Å². The van der Waals surface area contributed by atoms with Crippen molar-refractivity contribution in [1.29, 1.82) is 0 Å². The van der Waals surface area contributed by atoms with Gasteiger partial charge in [-0.25, -0.2) is 13.2 Å². The molecule has 2 heterocycles. The number of hydrogen-bond donors (Lipinski definition) is 2. The van der Waals surface area contributed by atoms with Crippen molar-refractivity contribution in [2.75, 3.05) is 32.7 Å². The summed E-state index contributed by atoms with van der Waals surface area (Å²) in [6.07, 6.45) is 0.760. The number of benzene rings is 1. The lowest BCUT2D eigenvalue weighted by Gasteiger charge is -2.34. The van der Waals surface area contributed by atoms with Crippen molar-refractivity contribution >= 4 is 44.7 Å². The fraction of sp³-hybridized carbons (Fsp3) is 0.467. The number of rotatable bonds is 6. The van der Waals surface area contributed by atoms with Crippen molar-refractivity contribution in [3.8, 4) is 0 Å². The lowest BCUT2D eigenvalue weighted by Crippen LogP contribution is -2.50. The van der Waals surface area contributed by atoms with Gasteiger partial charge in [0.15, 0.2) is 0 Å². The van der Waals surface area contributed by atoms with Gasteiger partial charge in [0.05, 0.1) is 11.7 Å². The van der Waals surface area contributed by atoms with Crippen molar-refractivity contribution in [2.24, 2.45) is 5.73 Å². The number of piperazine rings is 1. The van der Waals surface area contributed by atoms with E-state index < -0.39 is 16.1 Å². The van der Waals surface area contributed by atoms with Crippen LogP contribution in [0.4, 0.5) is 4.79 Å². The summed E-state index contributed by atoms with van der Waals surface area (Å²) < 4.78 is 35.5. The van der Waals surface area contributed by atoms with Crippen LogP contribution in [0, 0.1) is 0 Å². The predicted molar refractivity (Wildman–Crippen MR) is 99.6 cm³/mol. The third kappa shape index (κ3) is 4.34. The molecule has 0 unspecified atom stereocenters. The highest BCUT2D eigenvalue weighted by atomic mass is 32.2. The van der Waals surface area contributed by atoms with E-state index in [4.69, 9.17) is 5.73 Å². The number of nitrogens with two attached hydrogens (primary N) is 1. The molecule has 0 radical (unpaired) electrons. The molecule has 1 saturated heterocycles. The number of hydrogen-bond acceptors (Lipinski definition) is 7. The third-order valence-corrected chi connectivity index (χ3v) is 6.80. The van der Waals surface area contributed by atoms with Crippen LogP contribution in [0.5, 0.6) is 0 Å². The van der Waals surface area contributed by atoms with Gasteiger partial charge in [-0.3, -0.25) is 4.79 Å². The number of primary amides is 1. The van der Waals surface area contributed by atoms with E-state index >= 15 is 0 Å². The van der Waals surface area contributed by atoms with Gasteiger partial charge in [-0.05, 0) is 18.6 Å². The number of aromatic nitrogens is 2. The Morgan fingerprint density at radius 3 is 2.63 bits per heavy atom. The summed E-state index contributed by atoms with van der Waals surface area (Å²) >= 11 is 0.975. The number of fused-ring (bicyclic) bond motifs is 1. The molecule has 27 heavy (non-hydrogen) atoms. The Hall–Kier alpha value is -2.31. The van der Waals surface area contributed by atoms with E-state index in [1.54, 1.807) is 17.0 Å². The Morgan fingerprint density at radius 2 is 1.93 bits per heavy atom. The van der Waals surface area contributed by atoms with Gasteiger partial charge >= 0.3 is 6.03 Å². The fourth-order valence-corrected chi connectivity index (χ4v) is 5.09. The summed E-state index contributed by atoms with van der Waals surface area (Å²) in [4.78, 5) is 24.6. The molecule has 1 aromatic carbocycles. The predicted octanol–water partition coefficient (Wildman–Crippen LogP) is -0.0273. The second-order valence-corrected chi connectivity index (χ2v) is 8.50. The molecule has 146 valence electrons. The summed E-state index contributed by atoms with van der Waals surface area (Å²) in [5.74, 6) is -0.0656. The number of amides is 3.